The van der Waals surface area contributed by atoms with Gasteiger partial charge in [-0.3, -0.25) is 9.78 Å². The number of aromatic nitrogens is 3. The van der Waals surface area contributed by atoms with Crippen molar-refractivity contribution in [3.63, 3.8) is 0 Å². The molecule has 45 heavy (non-hydrogen) atoms. The lowest BCUT2D eigenvalue weighted by atomic mass is 9.99. The van der Waals surface area contributed by atoms with Gasteiger partial charge in [-0.2, -0.15) is 13.2 Å². The molecule has 16 heteroatoms. The summed E-state index contributed by atoms with van der Waals surface area (Å²) in [7, 11) is -3.76. The number of hydrogen-bond donors (Lipinski definition) is 1. The number of alkyl halides is 5. The Morgan fingerprint density at radius 2 is 1.73 bits per heavy atom. The van der Waals surface area contributed by atoms with E-state index in [2.05, 4.69) is 15.2 Å². The topological polar surface area (TPSA) is 132 Å². The molecule has 1 aliphatic heterocycles. The van der Waals surface area contributed by atoms with Gasteiger partial charge in [0, 0.05) is 30.0 Å². The van der Waals surface area contributed by atoms with Crippen LogP contribution in [0.1, 0.15) is 42.8 Å². The van der Waals surface area contributed by atoms with Crippen LogP contribution in [-0.2, 0) is 38.0 Å². The Kier molecular flexibility index (Phi) is 7.80. The van der Waals surface area contributed by atoms with E-state index in [1.807, 2.05) is 0 Å². The molecule has 0 saturated heterocycles. The molecule has 0 radical (unpaired) electrons. The number of benzene rings is 2. The minimum atomic E-state index is -4.55. The first-order chi connectivity index (χ1) is 20.8. The molecular weight excluding hydrogens is 628 g/mol. The van der Waals surface area contributed by atoms with Gasteiger partial charge in [0.05, 0.1) is 35.1 Å². The molecule has 2 N–H and O–H groups in total. The third-order valence-electron chi connectivity index (χ3n) is 7.61. The molecule has 0 unspecified atom stereocenters. The van der Waals surface area contributed by atoms with Crippen LogP contribution >= 0.6 is 0 Å². The highest BCUT2D eigenvalue weighted by Gasteiger charge is 2.45. The van der Waals surface area contributed by atoms with Crippen molar-refractivity contribution in [2.75, 3.05) is 11.2 Å². The highest BCUT2D eigenvalue weighted by Crippen LogP contribution is 2.45. The van der Waals surface area contributed by atoms with E-state index in [9.17, 15) is 26.4 Å². The minimum Gasteiger partial charge on any atom is -0.419 e. The van der Waals surface area contributed by atoms with Gasteiger partial charge < -0.3 is 15.1 Å². The van der Waals surface area contributed by atoms with Gasteiger partial charge in [0.25, 0.3) is 11.8 Å². The predicted octanol–water partition coefficient (Wildman–Crippen LogP) is 5.59. The standard InChI is InChI=1S/C29H25F6N5O4S/c1-27(2,45(3,42)43)26-39-38-24(44-26)18-10-23-19(11-20(18)30)28(31,32)12-21(36)25(41)40(23)14-15-4-6-16(7-5-15)22-9-8-17(13-37-22)29(33,34)35/h4-11,13,21H,12,14,36H2,1-3H3/t21-/m0/s1. The van der Waals surface area contributed by atoms with E-state index in [-0.39, 0.29) is 23.8 Å². The number of halogens is 6. The fourth-order valence-electron chi connectivity index (χ4n) is 4.63. The van der Waals surface area contributed by atoms with E-state index >= 15 is 13.2 Å². The molecule has 2 aromatic heterocycles. The first-order valence-electron chi connectivity index (χ1n) is 13.2. The van der Waals surface area contributed by atoms with Crippen LogP contribution < -0.4 is 10.6 Å². The maximum absolute atomic E-state index is 15.3. The molecule has 1 amide bonds. The van der Waals surface area contributed by atoms with E-state index in [1.165, 1.54) is 44.2 Å². The van der Waals surface area contributed by atoms with Gasteiger partial charge in [0.15, 0.2) is 9.84 Å². The summed E-state index contributed by atoms with van der Waals surface area (Å²) >= 11 is 0. The zero-order valence-electron chi connectivity index (χ0n) is 23.9. The largest absolute Gasteiger partial charge is 0.419 e. The Morgan fingerprint density at radius 1 is 1.07 bits per heavy atom. The number of sulfone groups is 1. The number of nitrogens with two attached hydrogens (primary N) is 1. The number of carbonyl (C=O) groups is 1. The number of fused-ring (bicyclic) bond motifs is 1. The van der Waals surface area contributed by atoms with E-state index < -0.39 is 73.5 Å². The second kappa shape index (κ2) is 10.9. The van der Waals surface area contributed by atoms with E-state index in [0.29, 0.717) is 23.4 Å². The maximum Gasteiger partial charge on any atom is 0.417 e. The third-order valence-corrected chi connectivity index (χ3v) is 9.64. The van der Waals surface area contributed by atoms with Crippen molar-refractivity contribution in [3.8, 4) is 22.7 Å². The summed E-state index contributed by atoms with van der Waals surface area (Å²) in [5, 5.41) is 7.45. The molecule has 0 saturated carbocycles. The quantitative estimate of drug-likeness (QED) is 0.267. The van der Waals surface area contributed by atoms with Gasteiger partial charge in [0.1, 0.15) is 10.6 Å². The normalized spacial score (nSPS) is 17.2. The van der Waals surface area contributed by atoms with Gasteiger partial charge in [-0.1, -0.05) is 24.3 Å². The summed E-state index contributed by atoms with van der Waals surface area (Å²) in [6, 6.07) is 8.04. The van der Waals surface area contributed by atoms with Crippen LogP contribution in [0.3, 0.4) is 0 Å². The second-order valence-corrected chi connectivity index (χ2v) is 13.7. The Morgan fingerprint density at radius 3 is 2.31 bits per heavy atom. The highest BCUT2D eigenvalue weighted by atomic mass is 32.2. The molecule has 5 rings (SSSR count). The number of anilines is 1. The average molecular weight is 654 g/mol. The van der Waals surface area contributed by atoms with Gasteiger partial charge in [-0.25, -0.2) is 21.6 Å². The Balaban J connectivity index is 1.53. The highest BCUT2D eigenvalue weighted by molar-refractivity contribution is 7.91. The van der Waals surface area contributed by atoms with Crippen molar-refractivity contribution < 1.29 is 44.0 Å². The Labute approximate surface area is 253 Å². The predicted molar refractivity (Wildman–Crippen MR) is 150 cm³/mol. The third kappa shape index (κ3) is 6.03. The first-order valence-corrected chi connectivity index (χ1v) is 15.1. The fraction of sp³-hybridized carbons (Fsp3) is 0.310. The molecule has 0 aliphatic carbocycles. The van der Waals surface area contributed by atoms with Crippen LogP contribution in [0.4, 0.5) is 32.0 Å². The number of rotatable bonds is 6. The number of amides is 1. The number of pyridine rings is 1. The number of hydrogen-bond acceptors (Lipinski definition) is 8. The van der Waals surface area contributed by atoms with Crippen molar-refractivity contribution in [2.24, 2.45) is 5.73 Å². The SMILES string of the molecule is CC(C)(c1nnc(-c2cc3c(cc2F)C(F)(F)C[C@H](N)C(=O)N3Cc2ccc(-c3ccc(C(F)(F)F)cn3)cc2)o1)S(C)(=O)=O. The van der Waals surface area contributed by atoms with Crippen LogP contribution in [0, 0.1) is 5.82 Å². The van der Waals surface area contributed by atoms with Crippen LogP contribution in [0.5, 0.6) is 0 Å². The summed E-state index contributed by atoms with van der Waals surface area (Å²) < 4.78 is 113. The fourth-order valence-corrected chi connectivity index (χ4v) is 5.03. The Hall–Kier alpha value is -4.31. The summed E-state index contributed by atoms with van der Waals surface area (Å²) in [6.45, 7) is 2.31. The molecule has 3 heterocycles. The molecule has 1 aliphatic rings. The minimum absolute atomic E-state index is 0.241. The van der Waals surface area contributed by atoms with Crippen LogP contribution in [0.25, 0.3) is 22.7 Å². The van der Waals surface area contributed by atoms with Crippen LogP contribution in [-0.4, -0.2) is 41.8 Å². The van der Waals surface area contributed by atoms with Crippen molar-refractivity contribution in [1.82, 2.24) is 15.2 Å². The smallest absolute Gasteiger partial charge is 0.417 e. The summed E-state index contributed by atoms with van der Waals surface area (Å²) in [5.41, 5.74) is 4.39. The molecule has 1 atom stereocenters. The lowest BCUT2D eigenvalue weighted by molar-refractivity contribution is -0.137. The van der Waals surface area contributed by atoms with E-state index in [1.54, 1.807) is 0 Å². The van der Waals surface area contributed by atoms with Crippen LogP contribution in [0.2, 0.25) is 0 Å². The molecule has 0 bridgehead atoms. The lowest BCUT2D eigenvalue weighted by Gasteiger charge is -2.25. The molecular formula is C29H25F6N5O4S. The Bertz CT molecular complexity index is 1870. The summed E-state index contributed by atoms with van der Waals surface area (Å²) in [5.74, 6) is -6.65. The lowest BCUT2D eigenvalue weighted by Crippen LogP contribution is -2.43. The van der Waals surface area contributed by atoms with Crippen molar-refractivity contribution in [3.05, 3.63) is 83.1 Å². The summed E-state index contributed by atoms with van der Waals surface area (Å²) in [4.78, 5) is 18.1. The van der Waals surface area contributed by atoms with Gasteiger partial charge >= 0.3 is 6.18 Å². The van der Waals surface area contributed by atoms with Gasteiger partial charge in [-0.15, -0.1) is 10.2 Å². The average Bonchev–Trinajstić information content (AvgIpc) is 3.43. The number of carbonyl (C=O) groups excluding carboxylic acids is 1. The maximum atomic E-state index is 15.3. The zero-order valence-corrected chi connectivity index (χ0v) is 24.7. The van der Waals surface area contributed by atoms with Gasteiger partial charge in [0.2, 0.25) is 11.8 Å². The first kappa shape index (κ1) is 32.1. The molecule has 2 aromatic carbocycles. The monoisotopic (exact) mass is 653 g/mol. The second-order valence-electron chi connectivity index (χ2n) is 11.1. The van der Waals surface area contributed by atoms with Crippen molar-refractivity contribution in [2.45, 2.75) is 49.7 Å². The van der Waals surface area contributed by atoms with E-state index in [4.69, 9.17) is 10.2 Å². The van der Waals surface area contributed by atoms with Crippen LogP contribution in [0.15, 0.2) is 59.1 Å². The molecule has 238 valence electrons. The number of nitrogens with zero attached hydrogens (tertiary/aromatic N) is 4. The van der Waals surface area contributed by atoms with Crippen molar-refractivity contribution in [1.29, 1.82) is 0 Å². The molecule has 4 aromatic rings. The molecule has 9 nitrogen and oxygen atoms in total. The van der Waals surface area contributed by atoms with Gasteiger partial charge in [-0.05, 0) is 43.7 Å². The summed E-state index contributed by atoms with van der Waals surface area (Å²) in [6.07, 6.45) is -4.01. The van der Waals surface area contributed by atoms with E-state index in [0.717, 1.165) is 23.3 Å². The zero-order chi connectivity index (χ0) is 33.1. The van der Waals surface area contributed by atoms with Crippen molar-refractivity contribution >= 4 is 21.4 Å². The molecule has 0 fully saturated rings. The molecule has 0 spiro atoms.